The monoisotopic (exact) mass is 317 g/mol. The number of carbonyl (C=O) groups is 1. The summed E-state index contributed by atoms with van der Waals surface area (Å²) in [5.74, 6) is 6.92. The molecule has 23 heavy (non-hydrogen) atoms. The fourth-order valence-corrected chi connectivity index (χ4v) is 3.92. The highest BCUT2D eigenvalue weighted by molar-refractivity contribution is 6.91. The molecule has 0 radical (unpaired) electrons. The summed E-state index contributed by atoms with van der Waals surface area (Å²) in [4.78, 5) is 12.1. The van der Waals surface area contributed by atoms with Crippen LogP contribution in [0.25, 0.3) is 0 Å². The molecule has 0 aromatic rings. The van der Waals surface area contributed by atoms with Crippen molar-refractivity contribution in [2.24, 2.45) is 28.7 Å². The van der Waals surface area contributed by atoms with Crippen molar-refractivity contribution in [1.29, 1.82) is 0 Å². The van der Waals surface area contributed by atoms with E-state index in [-0.39, 0.29) is 16.4 Å². The normalized spacial score (nSPS) is 29.5. The summed E-state index contributed by atoms with van der Waals surface area (Å²) in [5, 5.41) is 1.41. The molecule has 1 rings (SSSR count). The SMILES string of the molecule is C=CC(=C)N(N)CC1CC(C)(C)C(C)(B(N)C(=O)C=C)CC1C. The molecule has 3 unspecified atom stereocenters. The molecule has 1 fully saturated rings. The molecule has 1 saturated carbocycles. The van der Waals surface area contributed by atoms with Crippen molar-refractivity contribution in [3.05, 3.63) is 37.6 Å². The van der Waals surface area contributed by atoms with Crippen LogP contribution in [-0.2, 0) is 4.79 Å². The maximum absolute atomic E-state index is 12.1. The highest BCUT2D eigenvalue weighted by Gasteiger charge is 2.54. The Balaban J connectivity index is 2.99. The van der Waals surface area contributed by atoms with Crippen LogP contribution in [0, 0.1) is 17.3 Å². The Morgan fingerprint density at radius 1 is 1.30 bits per heavy atom. The Bertz CT molecular complexity index is 502. The lowest BCUT2D eigenvalue weighted by Gasteiger charge is -2.55. The number of hydrogen-bond donors (Lipinski definition) is 2. The maximum atomic E-state index is 12.1. The van der Waals surface area contributed by atoms with Gasteiger partial charge in [-0.2, -0.15) is 0 Å². The number of nitrogens with two attached hydrogens (primary N) is 2. The van der Waals surface area contributed by atoms with Gasteiger partial charge in [0.25, 0.3) is 0 Å². The Morgan fingerprint density at radius 2 is 1.87 bits per heavy atom. The van der Waals surface area contributed by atoms with E-state index < -0.39 is 6.85 Å². The first-order chi connectivity index (χ1) is 10.5. The zero-order valence-corrected chi connectivity index (χ0v) is 15.1. The number of hydrazine groups is 1. The van der Waals surface area contributed by atoms with E-state index in [2.05, 4.69) is 47.4 Å². The highest BCUT2D eigenvalue weighted by Crippen LogP contribution is 2.59. The maximum Gasteiger partial charge on any atom is 0.310 e. The lowest BCUT2D eigenvalue weighted by atomic mass is 9.30. The molecular formula is C18H32BN3O. The van der Waals surface area contributed by atoms with Gasteiger partial charge in [-0.15, -0.1) is 0 Å². The molecule has 3 atom stereocenters. The lowest BCUT2D eigenvalue weighted by molar-refractivity contribution is -0.109. The Hall–Kier alpha value is -1.33. The molecule has 5 heteroatoms. The third kappa shape index (κ3) is 3.78. The molecule has 0 saturated heterocycles. The van der Waals surface area contributed by atoms with E-state index in [4.69, 9.17) is 11.5 Å². The zero-order chi connectivity index (χ0) is 18.0. The molecule has 0 aromatic heterocycles. The molecule has 0 aromatic carbocycles. The van der Waals surface area contributed by atoms with Gasteiger partial charge in [0, 0.05) is 12.2 Å². The van der Waals surface area contributed by atoms with Crippen LogP contribution in [0.15, 0.2) is 37.6 Å². The molecule has 4 N–H and O–H groups in total. The average Bonchev–Trinajstić information content (AvgIpc) is 2.49. The number of nitrogens with zero attached hydrogens (tertiary/aromatic N) is 1. The van der Waals surface area contributed by atoms with Gasteiger partial charge in [-0.1, -0.05) is 47.4 Å². The van der Waals surface area contributed by atoms with Gasteiger partial charge in [0.05, 0.1) is 0 Å². The smallest absolute Gasteiger partial charge is 0.310 e. The molecule has 0 amide bonds. The minimum atomic E-state index is -0.518. The second-order valence-electron chi connectivity index (χ2n) is 7.88. The van der Waals surface area contributed by atoms with Crippen molar-refractivity contribution in [3.63, 3.8) is 0 Å². The molecule has 0 spiro atoms. The second kappa shape index (κ2) is 7.06. The van der Waals surface area contributed by atoms with Crippen molar-refractivity contribution in [1.82, 2.24) is 5.01 Å². The fraction of sp³-hybridized carbons (Fsp3) is 0.611. The first-order valence-corrected chi connectivity index (χ1v) is 8.25. The first-order valence-electron chi connectivity index (χ1n) is 8.25. The average molecular weight is 317 g/mol. The molecule has 0 heterocycles. The third-order valence-electron chi connectivity index (χ3n) is 6.10. The van der Waals surface area contributed by atoms with Gasteiger partial charge in [0.15, 0.2) is 0 Å². The minimum Gasteiger partial charge on any atom is -0.363 e. The van der Waals surface area contributed by atoms with Gasteiger partial charge in [-0.25, -0.2) is 5.84 Å². The topological polar surface area (TPSA) is 72.3 Å². The predicted molar refractivity (Wildman–Crippen MR) is 99.4 cm³/mol. The molecular weight excluding hydrogens is 285 g/mol. The fourth-order valence-electron chi connectivity index (χ4n) is 3.92. The number of hydrogen-bond acceptors (Lipinski definition) is 4. The van der Waals surface area contributed by atoms with Gasteiger partial charge in [0.1, 0.15) is 5.68 Å². The van der Waals surface area contributed by atoms with Crippen LogP contribution >= 0.6 is 0 Å². The van der Waals surface area contributed by atoms with E-state index in [0.717, 1.165) is 25.1 Å². The molecule has 1 aliphatic rings. The van der Waals surface area contributed by atoms with E-state index in [1.54, 1.807) is 11.1 Å². The van der Waals surface area contributed by atoms with Crippen LogP contribution in [0.1, 0.15) is 40.5 Å². The van der Waals surface area contributed by atoms with Gasteiger partial charge in [0.2, 0.25) is 0 Å². The van der Waals surface area contributed by atoms with E-state index in [1.165, 1.54) is 6.08 Å². The first kappa shape index (κ1) is 19.7. The summed E-state index contributed by atoms with van der Waals surface area (Å²) in [6.45, 7) is 20.2. The largest absolute Gasteiger partial charge is 0.363 e. The van der Waals surface area contributed by atoms with E-state index >= 15 is 0 Å². The molecule has 128 valence electrons. The van der Waals surface area contributed by atoms with Crippen LogP contribution in [0.2, 0.25) is 5.31 Å². The van der Waals surface area contributed by atoms with E-state index in [9.17, 15) is 4.79 Å². The minimum absolute atomic E-state index is 0.0708. The summed E-state index contributed by atoms with van der Waals surface area (Å²) in [5.41, 5.74) is 6.88. The van der Waals surface area contributed by atoms with Crippen molar-refractivity contribution in [2.45, 2.75) is 45.9 Å². The van der Waals surface area contributed by atoms with Crippen molar-refractivity contribution < 1.29 is 4.79 Å². The van der Waals surface area contributed by atoms with Crippen molar-refractivity contribution in [3.8, 4) is 0 Å². The second-order valence-corrected chi connectivity index (χ2v) is 7.88. The molecule has 1 aliphatic carbocycles. The Labute approximate surface area is 141 Å². The lowest BCUT2D eigenvalue weighted by Crippen LogP contribution is -2.57. The predicted octanol–water partition coefficient (Wildman–Crippen LogP) is 2.94. The third-order valence-corrected chi connectivity index (χ3v) is 6.10. The summed E-state index contributed by atoms with van der Waals surface area (Å²) >= 11 is 0. The van der Waals surface area contributed by atoms with Gasteiger partial charge in [-0.3, -0.25) is 0 Å². The molecule has 0 aliphatic heterocycles. The van der Waals surface area contributed by atoms with Gasteiger partial charge in [-0.05, 0) is 47.6 Å². The van der Waals surface area contributed by atoms with Crippen LogP contribution in [0.4, 0.5) is 0 Å². The summed E-state index contributed by atoms with van der Waals surface area (Å²) in [6.07, 6.45) is 4.86. The van der Waals surface area contributed by atoms with Crippen LogP contribution in [0.5, 0.6) is 0 Å². The van der Waals surface area contributed by atoms with E-state index in [0.29, 0.717) is 11.8 Å². The van der Waals surface area contributed by atoms with E-state index in [1.807, 2.05) is 0 Å². The van der Waals surface area contributed by atoms with Crippen LogP contribution in [-0.4, -0.2) is 24.1 Å². The Kier molecular flexibility index (Phi) is 6.05. The van der Waals surface area contributed by atoms with Crippen LogP contribution in [0.3, 0.4) is 0 Å². The van der Waals surface area contributed by atoms with Crippen LogP contribution < -0.4 is 11.5 Å². The number of carbonyl (C=O) groups excluding carboxylic acids is 1. The Morgan fingerprint density at radius 3 is 2.35 bits per heavy atom. The van der Waals surface area contributed by atoms with Gasteiger partial charge < -0.3 is 15.4 Å². The zero-order valence-electron chi connectivity index (χ0n) is 15.1. The standard InChI is InChI=1S/C18H32BN3O/c1-8-14(4)22(21)12-15-11-17(5,6)18(7,10-13(15)3)19(20)16(23)9-2/h8-9,13,15H,1-2,4,10-12,20-21H2,3,5-7H3. The summed E-state index contributed by atoms with van der Waals surface area (Å²) < 4.78 is 0. The molecule has 0 bridgehead atoms. The number of allylic oxidation sites excluding steroid dienone is 2. The summed E-state index contributed by atoms with van der Waals surface area (Å²) in [7, 11) is 0. The van der Waals surface area contributed by atoms with Crippen molar-refractivity contribution in [2.75, 3.05) is 6.54 Å². The quantitative estimate of drug-likeness (QED) is 0.249. The summed E-state index contributed by atoms with van der Waals surface area (Å²) in [6, 6.07) is 0. The number of rotatable bonds is 7. The highest BCUT2D eigenvalue weighted by atomic mass is 16.1. The van der Waals surface area contributed by atoms with Gasteiger partial charge >= 0.3 is 6.85 Å². The van der Waals surface area contributed by atoms with Crippen molar-refractivity contribution >= 4 is 12.5 Å². The molecule has 4 nitrogen and oxygen atoms in total.